The average Bonchev–Trinajstić information content (AvgIpc) is 2.30. The lowest BCUT2D eigenvalue weighted by atomic mass is 9.99. The minimum atomic E-state index is 0.0487. The number of hydrogen-bond donors (Lipinski definition) is 1. The van der Waals surface area contributed by atoms with Gasteiger partial charge in [0, 0.05) is 32.5 Å². The van der Waals surface area contributed by atoms with Crippen molar-refractivity contribution in [1.82, 2.24) is 10.2 Å². The highest BCUT2D eigenvalue weighted by Gasteiger charge is 2.19. The first-order valence-corrected chi connectivity index (χ1v) is 6.68. The summed E-state index contributed by atoms with van der Waals surface area (Å²) in [6.07, 6.45) is 3.86. The molecule has 0 aromatic carbocycles. The number of carbonyl (C=O) groups is 2. The quantitative estimate of drug-likeness (QED) is 0.792. The van der Waals surface area contributed by atoms with Crippen LogP contribution in [-0.4, -0.2) is 36.3 Å². The zero-order chi connectivity index (χ0) is 12.7. The van der Waals surface area contributed by atoms with Gasteiger partial charge in [0.2, 0.25) is 11.8 Å². The number of nitrogens with one attached hydrogen (secondary N) is 1. The Balaban J connectivity index is 2.14. The van der Waals surface area contributed by atoms with Crippen molar-refractivity contribution >= 4 is 11.8 Å². The van der Waals surface area contributed by atoms with Gasteiger partial charge in [-0.3, -0.25) is 9.59 Å². The molecule has 0 saturated carbocycles. The molecule has 1 aliphatic rings. The van der Waals surface area contributed by atoms with Crippen LogP contribution >= 0.6 is 0 Å². The highest BCUT2D eigenvalue weighted by atomic mass is 16.2. The maximum absolute atomic E-state index is 11.8. The van der Waals surface area contributed by atoms with E-state index in [9.17, 15) is 9.59 Å². The van der Waals surface area contributed by atoms with Crippen LogP contribution in [0.5, 0.6) is 0 Å². The van der Waals surface area contributed by atoms with Crippen molar-refractivity contribution in [2.24, 2.45) is 5.92 Å². The molecule has 1 rings (SSSR count). The predicted molar refractivity (Wildman–Crippen MR) is 67.5 cm³/mol. The van der Waals surface area contributed by atoms with Crippen molar-refractivity contribution in [3.8, 4) is 0 Å². The lowest BCUT2D eigenvalue weighted by molar-refractivity contribution is -0.132. The Bertz CT molecular complexity index is 258. The Morgan fingerprint density at radius 1 is 1.24 bits per heavy atom. The molecule has 0 aromatic rings. The van der Waals surface area contributed by atoms with Crippen LogP contribution in [0.15, 0.2) is 0 Å². The van der Waals surface area contributed by atoms with Gasteiger partial charge < -0.3 is 10.2 Å². The minimum absolute atomic E-state index is 0.0487. The fraction of sp³-hybridized carbons (Fsp3) is 0.846. The molecule has 1 saturated heterocycles. The van der Waals surface area contributed by atoms with E-state index in [1.807, 2.05) is 11.8 Å². The first-order valence-electron chi connectivity index (χ1n) is 6.68. The number of likely N-dealkylation sites (tertiary alicyclic amines) is 1. The van der Waals surface area contributed by atoms with Crippen molar-refractivity contribution in [3.05, 3.63) is 0 Å². The van der Waals surface area contributed by atoms with Gasteiger partial charge in [-0.05, 0) is 32.1 Å². The summed E-state index contributed by atoms with van der Waals surface area (Å²) < 4.78 is 0. The molecule has 1 heterocycles. The Hall–Kier alpha value is -1.06. The molecule has 17 heavy (non-hydrogen) atoms. The van der Waals surface area contributed by atoms with Gasteiger partial charge in [-0.1, -0.05) is 6.92 Å². The van der Waals surface area contributed by atoms with Crippen LogP contribution in [0.1, 0.15) is 46.0 Å². The maximum Gasteiger partial charge on any atom is 0.222 e. The first kappa shape index (κ1) is 14.0. The summed E-state index contributed by atoms with van der Waals surface area (Å²) in [4.78, 5) is 25.0. The van der Waals surface area contributed by atoms with Crippen molar-refractivity contribution in [2.75, 3.05) is 19.6 Å². The lowest BCUT2D eigenvalue weighted by Crippen LogP contribution is -2.37. The second-order valence-corrected chi connectivity index (χ2v) is 4.87. The molecule has 0 radical (unpaired) electrons. The second-order valence-electron chi connectivity index (χ2n) is 4.87. The van der Waals surface area contributed by atoms with Crippen LogP contribution in [0, 0.1) is 5.92 Å². The van der Waals surface area contributed by atoms with Gasteiger partial charge in [-0.2, -0.15) is 0 Å². The van der Waals surface area contributed by atoms with Gasteiger partial charge in [0.15, 0.2) is 0 Å². The molecular formula is C13H24N2O2. The smallest absolute Gasteiger partial charge is 0.222 e. The molecule has 0 unspecified atom stereocenters. The average molecular weight is 240 g/mol. The fourth-order valence-electron chi connectivity index (χ4n) is 2.10. The van der Waals surface area contributed by atoms with Gasteiger partial charge in [-0.25, -0.2) is 0 Å². The molecule has 4 nitrogen and oxygen atoms in total. The first-order chi connectivity index (χ1) is 8.13. The molecule has 2 amide bonds. The zero-order valence-corrected chi connectivity index (χ0v) is 11.0. The molecule has 98 valence electrons. The Morgan fingerprint density at radius 3 is 2.47 bits per heavy atom. The van der Waals surface area contributed by atoms with Gasteiger partial charge >= 0.3 is 0 Å². The molecule has 4 heteroatoms. The molecule has 1 fully saturated rings. The molecule has 1 N–H and O–H groups in total. The molecule has 1 aliphatic heterocycles. The van der Waals surface area contributed by atoms with Gasteiger partial charge in [0.05, 0.1) is 0 Å². The van der Waals surface area contributed by atoms with Crippen LogP contribution in [0.2, 0.25) is 0 Å². The molecular weight excluding hydrogens is 216 g/mol. The van der Waals surface area contributed by atoms with Crippen LogP contribution in [0.25, 0.3) is 0 Å². The van der Waals surface area contributed by atoms with E-state index < -0.39 is 0 Å². The normalized spacial score (nSPS) is 16.9. The zero-order valence-electron chi connectivity index (χ0n) is 11.0. The number of hydrogen-bond acceptors (Lipinski definition) is 2. The Labute approximate surface area is 104 Å². The molecule has 0 aromatic heterocycles. The van der Waals surface area contributed by atoms with E-state index in [-0.39, 0.29) is 11.8 Å². The number of amides is 2. The summed E-state index contributed by atoms with van der Waals surface area (Å²) in [5, 5.41) is 2.74. The summed E-state index contributed by atoms with van der Waals surface area (Å²) in [7, 11) is 0. The van der Waals surface area contributed by atoms with E-state index in [4.69, 9.17) is 0 Å². The highest BCUT2D eigenvalue weighted by molar-refractivity contribution is 5.78. The second kappa shape index (κ2) is 7.30. The summed E-state index contributed by atoms with van der Waals surface area (Å²) in [6.45, 7) is 6.58. The van der Waals surface area contributed by atoms with E-state index in [1.165, 1.54) is 0 Å². The summed E-state index contributed by atoms with van der Waals surface area (Å²) >= 11 is 0. The van der Waals surface area contributed by atoms with Crippen molar-refractivity contribution < 1.29 is 9.59 Å². The van der Waals surface area contributed by atoms with Crippen LogP contribution < -0.4 is 5.32 Å². The Kier molecular flexibility index (Phi) is 6.01. The predicted octanol–water partition coefficient (Wildman–Crippen LogP) is 1.55. The SMILES string of the molecule is CCNC(=O)CCCC(=O)N1CCC(C)CC1. The van der Waals surface area contributed by atoms with E-state index >= 15 is 0 Å². The van der Waals surface area contributed by atoms with Gasteiger partial charge in [0.1, 0.15) is 0 Å². The van der Waals surface area contributed by atoms with Crippen LogP contribution in [0.4, 0.5) is 0 Å². The highest BCUT2D eigenvalue weighted by Crippen LogP contribution is 2.17. The number of rotatable bonds is 5. The molecule has 0 bridgehead atoms. The van der Waals surface area contributed by atoms with E-state index in [2.05, 4.69) is 12.2 Å². The third kappa shape index (κ3) is 5.20. The lowest BCUT2D eigenvalue weighted by Gasteiger charge is -2.30. The standard InChI is InChI=1S/C13H24N2O2/c1-3-14-12(16)5-4-6-13(17)15-9-7-11(2)8-10-15/h11H,3-10H2,1-2H3,(H,14,16). The minimum Gasteiger partial charge on any atom is -0.356 e. The number of carbonyl (C=O) groups excluding carboxylic acids is 2. The van der Waals surface area contributed by atoms with Gasteiger partial charge in [-0.15, -0.1) is 0 Å². The van der Waals surface area contributed by atoms with Gasteiger partial charge in [0.25, 0.3) is 0 Å². The number of piperidine rings is 1. The molecule has 0 atom stereocenters. The summed E-state index contributed by atoms with van der Waals surface area (Å²) in [5.41, 5.74) is 0. The molecule has 0 aliphatic carbocycles. The van der Waals surface area contributed by atoms with E-state index in [1.54, 1.807) is 0 Å². The largest absolute Gasteiger partial charge is 0.356 e. The topological polar surface area (TPSA) is 49.4 Å². The maximum atomic E-state index is 11.8. The van der Waals surface area contributed by atoms with Crippen LogP contribution in [-0.2, 0) is 9.59 Å². The van der Waals surface area contributed by atoms with E-state index in [0.717, 1.165) is 31.8 Å². The Morgan fingerprint density at radius 2 is 1.88 bits per heavy atom. The van der Waals surface area contributed by atoms with Crippen molar-refractivity contribution in [3.63, 3.8) is 0 Å². The number of nitrogens with zero attached hydrogens (tertiary/aromatic N) is 1. The van der Waals surface area contributed by atoms with E-state index in [0.29, 0.717) is 25.8 Å². The molecule has 0 spiro atoms. The third-order valence-electron chi connectivity index (χ3n) is 3.30. The van der Waals surface area contributed by atoms with Crippen molar-refractivity contribution in [2.45, 2.75) is 46.0 Å². The summed E-state index contributed by atoms with van der Waals surface area (Å²) in [5.74, 6) is 1.00. The van der Waals surface area contributed by atoms with Crippen molar-refractivity contribution in [1.29, 1.82) is 0 Å². The summed E-state index contributed by atoms with van der Waals surface area (Å²) in [6, 6.07) is 0. The monoisotopic (exact) mass is 240 g/mol. The third-order valence-corrected chi connectivity index (χ3v) is 3.30. The van der Waals surface area contributed by atoms with Crippen LogP contribution in [0.3, 0.4) is 0 Å². The fourth-order valence-corrected chi connectivity index (χ4v) is 2.10.